The Hall–Kier alpha value is -2.27. The number of pyridine rings is 1. The lowest BCUT2D eigenvalue weighted by Crippen LogP contribution is -2.33. The van der Waals surface area contributed by atoms with Crippen molar-refractivity contribution in [2.45, 2.75) is 6.54 Å². The lowest BCUT2D eigenvalue weighted by atomic mass is 10.1. The second-order valence-corrected chi connectivity index (χ2v) is 4.76. The van der Waals surface area contributed by atoms with Crippen LogP contribution in [-0.4, -0.2) is 17.4 Å². The Bertz CT molecular complexity index is 618. The third-order valence-electron chi connectivity index (χ3n) is 2.85. The molecule has 0 aliphatic carbocycles. The Kier molecular flexibility index (Phi) is 4.42. The summed E-state index contributed by atoms with van der Waals surface area (Å²) < 4.78 is 0. The molecule has 1 heterocycles. The highest BCUT2D eigenvalue weighted by atomic mass is 35.5. The van der Waals surface area contributed by atoms with E-state index in [9.17, 15) is 4.79 Å². The minimum atomic E-state index is -0.438. The number of aromatic nitrogens is 1. The van der Waals surface area contributed by atoms with Crippen molar-refractivity contribution in [1.29, 1.82) is 0 Å². The summed E-state index contributed by atoms with van der Waals surface area (Å²) in [5.74, 6) is -0.438. The number of benzene rings is 1. The molecule has 0 aliphatic heterocycles. The molecule has 0 aliphatic rings. The molecule has 1 aromatic carbocycles. The fourth-order valence-corrected chi connectivity index (χ4v) is 2.16. The van der Waals surface area contributed by atoms with Gasteiger partial charge >= 0.3 is 0 Å². The number of carbonyl (C=O) groups is 1. The van der Waals surface area contributed by atoms with Crippen LogP contribution in [-0.2, 0) is 11.3 Å². The number of nitrogens with two attached hydrogens (primary N) is 2. The summed E-state index contributed by atoms with van der Waals surface area (Å²) in [4.78, 5) is 17.0. The van der Waals surface area contributed by atoms with Crippen molar-refractivity contribution in [3.63, 3.8) is 0 Å². The molecule has 6 heteroatoms. The Morgan fingerprint density at radius 1 is 1.30 bits per heavy atom. The number of primary amides is 1. The van der Waals surface area contributed by atoms with Gasteiger partial charge in [-0.3, -0.25) is 9.78 Å². The Morgan fingerprint density at radius 2 is 2.05 bits per heavy atom. The summed E-state index contributed by atoms with van der Waals surface area (Å²) in [5.41, 5.74) is 13.5. The maximum atomic E-state index is 11.3. The zero-order valence-electron chi connectivity index (χ0n) is 10.8. The normalized spacial score (nSPS) is 10.2. The molecule has 2 aromatic rings. The third kappa shape index (κ3) is 3.39. The van der Waals surface area contributed by atoms with Crippen molar-refractivity contribution in [3.05, 3.63) is 53.3 Å². The number of rotatable bonds is 5. The van der Waals surface area contributed by atoms with Crippen LogP contribution in [0.4, 0.5) is 11.4 Å². The van der Waals surface area contributed by atoms with Crippen molar-refractivity contribution in [1.82, 2.24) is 4.98 Å². The van der Waals surface area contributed by atoms with E-state index in [1.54, 1.807) is 17.2 Å². The van der Waals surface area contributed by atoms with Crippen LogP contribution in [0, 0.1) is 0 Å². The van der Waals surface area contributed by atoms with Gasteiger partial charge in [-0.25, -0.2) is 0 Å². The topological polar surface area (TPSA) is 85.2 Å². The molecule has 0 atom stereocenters. The van der Waals surface area contributed by atoms with Gasteiger partial charge in [-0.05, 0) is 17.7 Å². The number of carbonyl (C=O) groups excluding carboxylic acids is 1. The first-order valence-corrected chi connectivity index (χ1v) is 6.42. The van der Waals surface area contributed by atoms with Gasteiger partial charge < -0.3 is 16.4 Å². The molecule has 0 fully saturated rings. The van der Waals surface area contributed by atoms with E-state index in [-0.39, 0.29) is 6.54 Å². The number of anilines is 2. The average Bonchev–Trinajstić information content (AvgIpc) is 2.40. The van der Waals surface area contributed by atoms with Gasteiger partial charge in [0.25, 0.3) is 0 Å². The molecule has 1 amide bonds. The highest BCUT2D eigenvalue weighted by Crippen LogP contribution is 2.26. The van der Waals surface area contributed by atoms with Gasteiger partial charge in [0.05, 0.1) is 17.3 Å². The van der Waals surface area contributed by atoms with Crippen molar-refractivity contribution >= 4 is 28.9 Å². The van der Waals surface area contributed by atoms with Crippen LogP contribution in [0.2, 0.25) is 5.02 Å². The fraction of sp³-hybridized carbons (Fsp3) is 0.143. The van der Waals surface area contributed by atoms with Crippen LogP contribution in [0.25, 0.3) is 0 Å². The second-order valence-electron chi connectivity index (χ2n) is 4.35. The first kappa shape index (κ1) is 14.1. The van der Waals surface area contributed by atoms with Crippen LogP contribution in [0.3, 0.4) is 0 Å². The molecule has 1 aromatic heterocycles. The molecular formula is C14H15ClN4O. The average molecular weight is 291 g/mol. The van der Waals surface area contributed by atoms with Crippen LogP contribution in [0.1, 0.15) is 5.56 Å². The molecule has 0 bridgehead atoms. The van der Waals surface area contributed by atoms with Gasteiger partial charge in [0.1, 0.15) is 0 Å². The minimum Gasteiger partial charge on any atom is -0.398 e. The molecule has 2 rings (SSSR count). The van der Waals surface area contributed by atoms with Gasteiger partial charge in [-0.1, -0.05) is 29.8 Å². The van der Waals surface area contributed by atoms with Gasteiger partial charge in [-0.15, -0.1) is 0 Å². The van der Waals surface area contributed by atoms with Crippen LogP contribution in [0.15, 0.2) is 42.7 Å². The fourth-order valence-electron chi connectivity index (χ4n) is 1.92. The quantitative estimate of drug-likeness (QED) is 0.822. The van der Waals surface area contributed by atoms with Crippen LogP contribution >= 0.6 is 11.6 Å². The van der Waals surface area contributed by atoms with E-state index in [2.05, 4.69) is 4.98 Å². The molecule has 0 saturated heterocycles. The molecule has 104 valence electrons. The third-order valence-corrected chi connectivity index (χ3v) is 3.15. The summed E-state index contributed by atoms with van der Waals surface area (Å²) in [5, 5.41) is 0.461. The monoisotopic (exact) mass is 290 g/mol. The van der Waals surface area contributed by atoms with Gasteiger partial charge in [0.2, 0.25) is 5.91 Å². The van der Waals surface area contributed by atoms with E-state index in [0.717, 1.165) is 5.56 Å². The Morgan fingerprint density at radius 3 is 2.70 bits per heavy atom. The van der Waals surface area contributed by atoms with Crippen LogP contribution in [0.5, 0.6) is 0 Å². The molecule has 0 radical (unpaired) electrons. The first-order chi connectivity index (χ1) is 9.58. The number of halogens is 1. The van der Waals surface area contributed by atoms with Crippen molar-refractivity contribution in [2.75, 3.05) is 17.2 Å². The molecule has 4 N–H and O–H groups in total. The smallest absolute Gasteiger partial charge is 0.236 e. The number of nitrogen functional groups attached to an aromatic ring is 1. The van der Waals surface area contributed by atoms with E-state index in [0.29, 0.717) is 22.9 Å². The van der Waals surface area contributed by atoms with E-state index < -0.39 is 5.91 Å². The summed E-state index contributed by atoms with van der Waals surface area (Å²) in [6, 6.07) is 9.20. The molecular weight excluding hydrogens is 276 g/mol. The standard InChI is InChI=1S/C14H15ClN4O/c15-11-7-18-6-5-13(11)19(9-14(17)20)8-10-3-1-2-4-12(10)16/h1-7H,8-9,16H2,(H2,17,20). The first-order valence-electron chi connectivity index (χ1n) is 6.04. The molecule has 0 unspecified atom stereocenters. The van der Waals surface area contributed by atoms with Gasteiger partial charge in [0.15, 0.2) is 0 Å². The predicted octanol–water partition coefficient (Wildman–Crippen LogP) is 1.81. The van der Waals surface area contributed by atoms with Crippen molar-refractivity contribution < 1.29 is 4.79 Å². The van der Waals surface area contributed by atoms with Crippen molar-refractivity contribution in [2.24, 2.45) is 5.73 Å². The molecule has 5 nitrogen and oxygen atoms in total. The van der Waals surface area contributed by atoms with Crippen LogP contribution < -0.4 is 16.4 Å². The summed E-state index contributed by atoms with van der Waals surface area (Å²) in [6.07, 6.45) is 3.14. The summed E-state index contributed by atoms with van der Waals surface area (Å²) in [6.45, 7) is 0.497. The zero-order valence-corrected chi connectivity index (χ0v) is 11.5. The molecule has 0 spiro atoms. The van der Waals surface area contributed by atoms with E-state index in [4.69, 9.17) is 23.1 Å². The van der Waals surface area contributed by atoms with Gasteiger partial charge in [-0.2, -0.15) is 0 Å². The van der Waals surface area contributed by atoms with E-state index >= 15 is 0 Å². The lowest BCUT2D eigenvalue weighted by Gasteiger charge is -2.24. The maximum absolute atomic E-state index is 11.3. The van der Waals surface area contributed by atoms with Crippen molar-refractivity contribution in [3.8, 4) is 0 Å². The lowest BCUT2D eigenvalue weighted by molar-refractivity contribution is -0.116. The van der Waals surface area contributed by atoms with E-state index in [1.807, 2.05) is 24.3 Å². The van der Waals surface area contributed by atoms with Gasteiger partial charge in [0, 0.05) is 24.6 Å². The largest absolute Gasteiger partial charge is 0.398 e. The Labute approximate surface area is 122 Å². The molecule has 0 saturated carbocycles. The minimum absolute atomic E-state index is 0.0536. The van der Waals surface area contributed by atoms with E-state index in [1.165, 1.54) is 6.20 Å². The summed E-state index contributed by atoms with van der Waals surface area (Å²) in [7, 11) is 0. The number of hydrogen-bond acceptors (Lipinski definition) is 4. The SMILES string of the molecule is NC(=O)CN(Cc1ccccc1N)c1ccncc1Cl. The molecule has 20 heavy (non-hydrogen) atoms. The highest BCUT2D eigenvalue weighted by molar-refractivity contribution is 6.33. The summed E-state index contributed by atoms with van der Waals surface area (Å²) >= 11 is 6.12. The number of para-hydroxylation sites is 1. The number of nitrogens with zero attached hydrogens (tertiary/aromatic N) is 2. The maximum Gasteiger partial charge on any atom is 0.236 e. The number of amides is 1. The number of hydrogen-bond donors (Lipinski definition) is 2. The second kappa shape index (κ2) is 6.25. The highest BCUT2D eigenvalue weighted by Gasteiger charge is 2.14. The Balaban J connectivity index is 2.32. The predicted molar refractivity (Wildman–Crippen MR) is 80.3 cm³/mol. The zero-order chi connectivity index (χ0) is 14.5.